The average molecular weight is 325 g/mol. The van der Waals surface area contributed by atoms with Gasteiger partial charge in [-0.25, -0.2) is 4.79 Å². The van der Waals surface area contributed by atoms with Gasteiger partial charge < -0.3 is 15.0 Å². The summed E-state index contributed by atoms with van der Waals surface area (Å²) in [4.78, 5) is 28.0. The summed E-state index contributed by atoms with van der Waals surface area (Å²) >= 11 is 0. The Morgan fingerprint density at radius 3 is 2.48 bits per heavy atom. The van der Waals surface area contributed by atoms with Crippen molar-refractivity contribution in [1.82, 2.24) is 15.1 Å². The zero-order valence-electron chi connectivity index (χ0n) is 14.6. The molecule has 0 aromatic heterocycles. The summed E-state index contributed by atoms with van der Waals surface area (Å²) < 4.78 is 5.02. The highest BCUT2D eigenvalue weighted by Crippen LogP contribution is 2.19. The molecular formula is C17H31N3O3. The van der Waals surface area contributed by atoms with Crippen LogP contribution in [0.4, 0.5) is 4.79 Å². The quantitative estimate of drug-likeness (QED) is 0.840. The molecule has 1 N–H and O–H groups in total. The molecule has 2 amide bonds. The summed E-state index contributed by atoms with van der Waals surface area (Å²) in [7, 11) is 0. The van der Waals surface area contributed by atoms with Gasteiger partial charge in [-0.15, -0.1) is 0 Å². The number of rotatable bonds is 5. The van der Waals surface area contributed by atoms with Gasteiger partial charge in [-0.3, -0.25) is 9.69 Å². The van der Waals surface area contributed by atoms with Crippen LogP contribution in [0.2, 0.25) is 0 Å². The number of carbonyl (C=O) groups is 2. The van der Waals surface area contributed by atoms with Gasteiger partial charge in [0, 0.05) is 25.2 Å². The van der Waals surface area contributed by atoms with Gasteiger partial charge >= 0.3 is 6.09 Å². The molecule has 2 aliphatic heterocycles. The predicted octanol–water partition coefficient (Wildman–Crippen LogP) is 1.99. The third-order valence-corrected chi connectivity index (χ3v) is 4.95. The number of hydrogen-bond acceptors (Lipinski definition) is 4. The first-order valence-corrected chi connectivity index (χ1v) is 9.09. The molecule has 2 rings (SSSR count). The van der Waals surface area contributed by atoms with Crippen molar-refractivity contribution in [3.8, 4) is 0 Å². The molecule has 6 heteroatoms. The summed E-state index contributed by atoms with van der Waals surface area (Å²) in [6, 6.07) is 0.734. The minimum atomic E-state index is -0.239. The van der Waals surface area contributed by atoms with Crippen LogP contribution in [0.15, 0.2) is 0 Å². The van der Waals surface area contributed by atoms with E-state index >= 15 is 0 Å². The van der Waals surface area contributed by atoms with Gasteiger partial charge in [0.1, 0.15) is 0 Å². The number of piperidine rings is 2. The maximum Gasteiger partial charge on any atom is 0.409 e. The Labute approximate surface area is 139 Å². The van der Waals surface area contributed by atoms with Gasteiger partial charge in [-0.1, -0.05) is 13.3 Å². The highest BCUT2D eigenvalue weighted by atomic mass is 16.6. The van der Waals surface area contributed by atoms with Crippen molar-refractivity contribution in [1.29, 1.82) is 0 Å². The lowest BCUT2D eigenvalue weighted by Crippen LogP contribution is -2.50. The summed E-state index contributed by atoms with van der Waals surface area (Å²) in [5.74, 6) is 0.125. The lowest BCUT2D eigenvalue weighted by molar-refractivity contribution is -0.124. The van der Waals surface area contributed by atoms with E-state index in [1.54, 1.807) is 4.90 Å². The Kier molecular flexibility index (Phi) is 7.15. The maximum atomic E-state index is 12.3. The molecule has 0 saturated carbocycles. The molecule has 1 atom stereocenters. The first-order valence-electron chi connectivity index (χ1n) is 9.09. The van der Waals surface area contributed by atoms with E-state index in [1.165, 1.54) is 19.3 Å². The molecule has 2 fully saturated rings. The fourth-order valence-corrected chi connectivity index (χ4v) is 3.61. The SMILES string of the molecule is CCOC(=O)N1CCC(NC(=O)CN2CCCCC2CC)CC1. The zero-order valence-corrected chi connectivity index (χ0v) is 14.6. The Bertz CT molecular complexity index is 395. The molecule has 0 aliphatic carbocycles. The molecule has 0 radical (unpaired) electrons. The molecule has 6 nitrogen and oxygen atoms in total. The number of nitrogens with one attached hydrogen (secondary N) is 1. The summed E-state index contributed by atoms with van der Waals surface area (Å²) in [6.45, 7) is 7.28. The van der Waals surface area contributed by atoms with Crippen molar-refractivity contribution in [3.05, 3.63) is 0 Å². The number of likely N-dealkylation sites (tertiary alicyclic amines) is 2. The normalized spacial score (nSPS) is 23.6. The summed E-state index contributed by atoms with van der Waals surface area (Å²) in [6.07, 6.45) is 6.18. The molecule has 2 aliphatic rings. The number of carbonyl (C=O) groups excluding carboxylic acids is 2. The van der Waals surface area contributed by atoms with Crippen LogP contribution < -0.4 is 5.32 Å². The first kappa shape index (κ1) is 18.0. The van der Waals surface area contributed by atoms with Crippen molar-refractivity contribution >= 4 is 12.0 Å². The molecule has 0 spiro atoms. The monoisotopic (exact) mass is 325 g/mol. The fraction of sp³-hybridized carbons (Fsp3) is 0.882. The van der Waals surface area contributed by atoms with Crippen LogP contribution in [0.3, 0.4) is 0 Å². The van der Waals surface area contributed by atoms with Crippen LogP contribution in [0, 0.1) is 0 Å². The van der Waals surface area contributed by atoms with Gasteiger partial charge in [-0.2, -0.15) is 0 Å². The van der Waals surface area contributed by atoms with E-state index in [9.17, 15) is 9.59 Å². The van der Waals surface area contributed by atoms with E-state index < -0.39 is 0 Å². The van der Waals surface area contributed by atoms with E-state index in [-0.39, 0.29) is 18.0 Å². The van der Waals surface area contributed by atoms with Gasteiger partial charge in [-0.05, 0) is 45.6 Å². The predicted molar refractivity (Wildman–Crippen MR) is 89.3 cm³/mol. The van der Waals surface area contributed by atoms with E-state index in [0.717, 1.165) is 25.8 Å². The third-order valence-electron chi connectivity index (χ3n) is 4.95. The van der Waals surface area contributed by atoms with Crippen molar-refractivity contribution in [2.24, 2.45) is 0 Å². The molecule has 132 valence electrons. The van der Waals surface area contributed by atoms with Crippen LogP contribution in [0.25, 0.3) is 0 Å². The molecule has 1 unspecified atom stereocenters. The molecule has 23 heavy (non-hydrogen) atoms. The van der Waals surface area contributed by atoms with Crippen LogP contribution in [0.5, 0.6) is 0 Å². The summed E-state index contributed by atoms with van der Waals surface area (Å²) in [5.41, 5.74) is 0. The topological polar surface area (TPSA) is 61.9 Å². The zero-order chi connectivity index (χ0) is 16.7. The average Bonchev–Trinajstić information content (AvgIpc) is 2.56. The van der Waals surface area contributed by atoms with E-state index in [2.05, 4.69) is 17.1 Å². The lowest BCUT2D eigenvalue weighted by Gasteiger charge is -2.36. The number of nitrogens with zero attached hydrogens (tertiary/aromatic N) is 2. The molecule has 0 bridgehead atoms. The molecular weight excluding hydrogens is 294 g/mol. The second-order valence-electron chi connectivity index (χ2n) is 6.56. The largest absolute Gasteiger partial charge is 0.450 e. The van der Waals surface area contributed by atoms with Crippen molar-refractivity contribution in [2.45, 2.75) is 64.5 Å². The fourth-order valence-electron chi connectivity index (χ4n) is 3.61. The highest BCUT2D eigenvalue weighted by molar-refractivity contribution is 5.78. The van der Waals surface area contributed by atoms with Crippen molar-refractivity contribution < 1.29 is 14.3 Å². The second kappa shape index (κ2) is 9.11. The Hall–Kier alpha value is -1.30. The minimum Gasteiger partial charge on any atom is -0.450 e. The molecule has 2 saturated heterocycles. The van der Waals surface area contributed by atoms with Gasteiger partial charge in [0.2, 0.25) is 5.91 Å². The van der Waals surface area contributed by atoms with Crippen LogP contribution in [0.1, 0.15) is 52.4 Å². The maximum absolute atomic E-state index is 12.3. The molecule has 0 aromatic carbocycles. The Morgan fingerprint density at radius 1 is 1.09 bits per heavy atom. The number of amides is 2. The van der Waals surface area contributed by atoms with Gasteiger partial charge in [0.15, 0.2) is 0 Å². The lowest BCUT2D eigenvalue weighted by atomic mass is 10.00. The highest BCUT2D eigenvalue weighted by Gasteiger charge is 2.26. The van der Waals surface area contributed by atoms with Crippen molar-refractivity contribution in [3.63, 3.8) is 0 Å². The third kappa shape index (κ3) is 5.37. The van der Waals surface area contributed by atoms with E-state index in [0.29, 0.717) is 32.3 Å². The van der Waals surface area contributed by atoms with Crippen molar-refractivity contribution in [2.75, 3.05) is 32.8 Å². The van der Waals surface area contributed by atoms with Gasteiger partial charge in [0.05, 0.1) is 13.2 Å². The van der Waals surface area contributed by atoms with Gasteiger partial charge in [0.25, 0.3) is 0 Å². The first-order chi connectivity index (χ1) is 11.1. The second-order valence-corrected chi connectivity index (χ2v) is 6.56. The number of hydrogen-bond donors (Lipinski definition) is 1. The van der Waals surface area contributed by atoms with Crippen LogP contribution in [-0.2, 0) is 9.53 Å². The summed E-state index contributed by atoms with van der Waals surface area (Å²) in [5, 5.41) is 3.14. The molecule has 2 heterocycles. The van der Waals surface area contributed by atoms with E-state index in [1.807, 2.05) is 6.92 Å². The minimum absolute atomic E-state index is 0.125. The number of ether oxygens (including phenoxy) is 1. The molecule has 0 aromatic rings. The van der Waals surface area contributed by atoms with Crippen LogP contribution >= 0.6 is 0 Å². The standard InChI is InChI=1S/C17H31N3O3/c1-3-15-7-5-6-10-20(15)13-16(21)18-14-8-11-19(12-9-14)17(22)23-4-2/h14-15H,3-13H2,1-2H3,(H,18,21). The van der Waals surface area contributed by atoms with E-state index in [4.69, 9.17) is 4.74 Å². The Balaban J connectivity index is 1.71. The van der Waals surface area contributed by atoms with Crippen LogP contribution in [-0.4, -0.2) is 66.7 Å². The Morgan fingerprint density at radius 2 is 1.83 bits per heavy atom. The smallest absolute Gasteiger partial charge is 0.409 e.